The molecule has 3 rings (SSSR count). The molecule has 0 bridgehead atoms. The highest BCUT2D eigenvalue weighted by atomic mass is 19.1. The fourth-order valence-corrected chi connectivity index (χ4v) is 2.73. The minimum atomic E-state index is -0.158. The van der Waals surface area contributed by atoms with Gasteiger partial charge in [0.25, 0.3) is 0 Å². The molecule has 0 aliphatic carbocycles. The molecule has 1 aromatic carbocycles. The molecule has 98 valence electrons. The number of aromatic nitrogens is 1. The van der Waals surface area contributed by atoms with Crippen molar-refractivity contribution in [1.29, 1.82) is 0 Å². The second-order valence-corrected chi connectivity index (χ2v) is 5.13. The zero-order valence-corrected chi connectivity index (χ0v) is 10.8. The van der Waals surface area contributed by atoms with Gasteiger partial charge >= 0.3 is 0 Å². The van der Waals surface area contributed by atoms with E-state index < -0.39 is 0 Å². The van der Waals surface area contributed by atoms with Gasteiger partial charge in [-0.3, -0.25) is 9.88 Å². The summed E-state index contributed by atoms with van der Waals surface area (Å²) in [6, 6.07) is 11.0. The van der Waals surface area contributed by atoms with Gasteiger partial charge in [-0.2, -0.15) is 0 Å². The first-order chi connectivity index (χ1) is 9.31. The number of nitrogens with zero attached hydrogens (tertiary/aromatic N) is 2. The number of benzene rings is 1. The van der Waals surface area contributed by atoms with Crippen LogP contribution in [-0.2, 0) is 6.54 Å². The van der Waals surface area contributed by atoms with Crippen molar-refractivity contribution in [2.75, 3.05) is 13.1 Å². The molecule has 1 aromatic heterocycles. The molecule has 0 radical (unpaired) electrons. The van der Waals surface area contributed by atoms with Crippen molar-refractivity contribution in [2.45, 2.75) is 18.9 Å². The first-order valence-electron chi connectivity index (χ1n) is 6.68. The van der Waals surface area contributed by atoms with Gasteiger partial charge in [0.15, 0.2) is 0 Å². The number of halogens is 1. The molecule has 0 amide bonds. The highest BCUT2D eigenvalue weighted by molar-refractivity contribution is 5.22. The Hall–Kier alpha value is -1.74. The van der Waals surface area contributed by atoms with Gasteiger partial charge < -0.3 is 0 Å². The molecule has 2 aromatic rings. The van der Waals surface area contributed by atoms with E-state index in [0.29, 0.717) is 5.92 Å². The summed E-state index contributed by atoms with van der Waals surface area (Å²) in [5.74, 6) is 0.367. The van der Waals surface area contributed by atoms with Gasteiger partial charge in [0.05, 0.1) is 0 Å². The van der Waals surface area contributed by atoms with Gasteiger partial charge in [0.2, 0.25) is 0 Å². The Labute approximate surface area is 112 Å². The van der Waals surface area contributed by atoms with E-state index in [1.165, 1.54) is 11.1 Å². The summed E-state index contributed by atoms with van der Waals surface area (Å²) in [6.07, 6.45) is 4.87. The van der Waals surface area contributed by atoms with E-state index in [1.54, 1.807) is 18.3 Å². The van der Waals surface area contributed by atoms with Crippen LogP contribution in [0.4, 0.5) is 4.39 Å². The average Bonchev–Trinajstić information content (AvgIpc) is 2.89. The third-order valence-electron chi connectivity index (χ3n) is 3.74. The van der Waals surface area contributed by atoms with Crippen molar-refractivity contribution >= 4 is 0 Å². The lowest BCUT2D eigenvalue weighted by molar-refractivity contribution is 0.326. The molecule has 1 unspecified atom stereocenters. The predicted octanol–water partition coefficient (Wildman–Crippen LogP) is 3.21. The van der Waals surface area contributed by atoms with Gasteiger partial charge in [-0.1, -0.05) is 18.2 Å². The van der Waals surface area contributed by atoms with Crippen LogP contribution < -0.4 is 0 Å². The summed E-state index contributed by atoms with van der Waals surface area (Å²) in [6.45, 7) is 3.09. The third kappa shape index (κ3) is 2.99. The number of hydrogen-bond donors (Lipinski definition) is 0. The Bertz CT molecular complexity index is 524. The standard InChI is InChI=1S/C16H17FN2/c17-16-5-3-14(4-6-16)15-7-9-19(12-15)11-13-2-1-8-18-10-13/h1-6,8,10,15H,7,9,11-12H2. The average molecular weight is 256 g/mol. The topological polar surface area (TPSA) is 16.1 Å². The molecule has 0 spiro atoms. The van der Waals surface area contributed by atoms with Crippen LogP contribution in [0.25, 0.3) is 0 Å². The summed E-state index contributed by atoms with van der Waals surface area (Å²) in [5, 5.41) is 0. The lowest BCUT2D eigenvalue weighted by Crippen LogP contribution is -2.19. The summed E-state index contributed by atoms with van der Waals surface area (Å²) < 4.78 is 12.9. The zero-order chi connectivity index (χ0) is 13.1. The lowest BCUT2D eigenvalue weighted by Gasteiger charge is -2.16. The van der Waals surface area contributed by atoms with Crippen molar-refractivity contribution in [2.24, 2.45) is 0 Å². The van der Waals surface area contributed by atoms with Crippen LogP contribution in [0.15, 0.2) is 48.8 Å². The van der Waals surface area contributed by atoms with E-state index in [4.69, 9.17) is 0 Å². The van der Waals surface area contributed by atoms with Gasteiger partial charge in [-0.05, 0) is 48.2 Å². The van der Waals surface area contributed by atoms with Gasteiger partial charge in [0.1, 0.15) is 5.82 Å². The predicted molar refractivity (Wildman–Crippen MR) is 73.3 cm³/mol. The van der Waals surface area contributed by atoms with E-state index in [9.17, 15) is 4.39 Å². The van der Waals surface area contributed by atoms with Gasteiger partial charge in [-0.25, -0.2) is 4.39 Å². The van der Waals surface area contributed by atoms with E-state index in [-0.39, 0.29) is 5.82 Å². The Morgan fingerprint density at radius 1 is 1.21 bits per heavy atom. The summed E-state index contributed by atoms with van der Waals surface area (Å²) in [4.78, 5) is 6.58. The first kappa shape index (κ1) is 12.3. The van der Waals surface area contributed by atoms with Crippen molar-refractivity contribution in [3.05, 3.63) is 65.7 Å². The molecular formula is C16H17FN2. The van der Waals surface area contributed by atoms with Crippen LogP contribution >= 0.6 is 0 Å². The maximum absolute atomic E-state index is 12.9. The van der Waals surface area contributed by atoms with E-state index >= 15 is 0 Å². The van der Waals surface area contributed by atoms with Crippen molar-refractivity contribution in [1.82, 2.24) is 9.88 Å². The quantitative estimate of drug-likeness (QED) is 0.838. The molecular weight excluding hydrogens is 239 g/mol. The third-order valence-corrected chi connectivity index (χ3v) is 3.74. The maximum atomic E-state index is 12.9. The SMILES string of the molecule is Fc1ccc(C2CCN(Cc3cccnc3)C2)cc1. The maximum Gasteiger partial charge on any atom is 0.123 e. The Morgan fingerprint density at radius 3 is 2.79 bits per heavy atom. The van der Waals surface area contributed by atoms with Crippen LogP contribution in [0.3, 0.4) is 0 Å². The number of pyridine rings is 1. The molecule has 0 saturated carbocycles. The van der Waals surface area contributed by atoms with Crippen LogP contribution in [-0.4, -0.2) is 23.0 Å². The summed E-state index contributed by atoms with van der Waals surface area (Å²) >= 11 is 0. The van der Waals surface area contributed by atoms with Gasteiger partial charge in [0, 0.05) is 25.5 Å². The highest BCUT2D eigenvalue weighted by Gasteiger charge is 2.23. The van der Waals surface area contributed by atoms with Crippen LogP contribution in [0.5, 0.6) is 0 Å². The molecule has 1 fully saturated rings. The van der Waals surface area contributed by atoms with Crippen molar-refractivity contribution in [3.63, 3.8) is 0 Å². The first-order valence-corrected chi connectivity index (χ1v) is 6.68. The Kier molecular flexibility index (Phi) is 3.56. The van der Waals surface area contributed by atoms with Gasteiger partial charge in [-0.15, -0.1) is 0 Å². The van der Waals surface area contributed by atoms with Crippen LogP contribution in [0, 0.1) is 5.82 Å². The van der Waals surface area contributed by atoms with E-state index in [1.807, 2.05) is 24.4 Å². The molecule has 1 aliphatic rings. The molecule has 2 heterocycles. The van der Waals surface area contributed by atoms with E-state index in [0.717, 1.165) is 26.1 Å². The monoisotopic (exact) mass is 256 g/mol. The molecule has 1 atom stereocenters. The molecule has 1 aliphatic heterocycles. The Morgan fingerprint density at radius 2 is 2.05 bits per heavy atom. The molecule has 19 heavy (non-hydrogen) atoms. The fourth-order valence-electron chi connectivity index (χ4n) is 2.73. The molecule has 0 N–H and O–H groups in total. The minimum absolute atomic E-state index is 0.158. The molecule has 2 nitrogen and oxygen atoms in total. The van der Waals surface area contributed by atoms with Crippen LogP contribution in [0.2, 0.25) is 0 Å². The zero-order valence-electron chi connectivity index (χ0n) is 10.8. The summed E-state index contributed by atoms with van der Waals surface area (Å²) in [7, 11) is 0. The Balaban J connectivity index is 1.62. The summed E-state index contributed by atoms with van der Waals surface area (Å²) in [5.41, 5.74) is 2.50. The largest absolute Gasteiger partial charge is 0.298 e. The fraction of sp³-hybridized carbons (Fsp3) is 0.312. The van der Waals surface area contributed by atoms with Crippen molar-refractivity contribution in [3.8, 4) is 0 Å². The normalized spacial score (nSPS) is 19.7. The van der Waals surface area contributed by atoms with E-state index in [2.05, 4.69) is 16.0 Å². The number of likely N-dealkylation sites (tertiary alicyclic amines) is 1. The second kappa shape index (κ2) is 5.49. The minimum Gasteiger partial charge on any atom is -0.298 e. The molecule has 1 saturated heterocycles. The second-order valence-electron chi connectivity index (χ2n) is 5.13. The smallest absolute Gasteiger partial charge is 0.123 e. The van der Waals surface area contributed by atoms with Crippen molar-refractivity contribution < 1.29 is 4.39 Å². The number of hydrogen-bond acceptors (Lipinski definition) is 2. The number of rotatable bonds is 3. The molecule has 3 heteroatoms. The van der Waals surface area contributed by atoms with Crippen LogP contribution in [0.1, 0.15) is 23.5 Å². The lowest BCUT2D eigenvalue weighted by atomic mass is 9.99. The highest BCUT2D eigenvalue weighted by Crippen LogP contribution is 2.28.